The Morgan fingerprint density at radius 2 is 2.00 bits per heavy atom. The van der Waals surface area contributed by atoms with Crippen molar-refractivity contribution >= 4 is 11.6 Å². The average molecular weight is 300 g/mol. The van der Waals surface area contributed by atoms with Gasteiger partial charge in [-0.25, -0.2) is 0 Å². The summed E-state index contributed by atoms with van der Waals surface area (Å²) >= 11 is 5.92. The van der Waals surface area contributed by atoms with Gasteiger partial charge in [-0.2, -0.15) is 13.2 Å². The van der Waals surface area contributed by atoms with E-state index in [1.54, 1.807) is 12.1 Å². The van der Waals surface area contributed by atoms with Crippen molar-refractivity contribution < 1.29 is 27.4 Å². The van der Waals surface area contributed by atoms with Gasteiger partial charge >= 0.3 is 6.18 Å². The summed E-state index contributed by atoms with van der Waals surface area (Å²) in [5.74, 6) is 0.395. The summed E-state index contributed by atoms with van der Waals surface area (Å²) in [6.45, 7) is -1.73. The summed E-state index contributed by atoms with van der Waals surface area (Å²) in [4.78, 5) is 0. The molecule has 1 rings (SSSR count). The molecule has 0 radical (unpaired) electrons. The Morgan fingerprint density at radius 3 is 2.53 bits per heavy atom. The molecule has 0 atom stereocenters. The summed E-state index contributed by atoms with van der Waals surface area (Å²) in [6.07, 6.45) is -4.40. The van der Waals surface area contributed by atoms with Gasteiger partial charge in [0.2, 0.25) is 0 Å². The Kier molecular flexibility index (Phi) is 5.71. The lowest BCUT2D eigenvalue weighted by Gasteiger charge is -2.14. The number of alkyl halides is 3. The Morgan fingerprint density at radius 1 is 1.32 bits per heavy atom. The van der Waals surface area contributed by atoms with Crippen LogP contribution < -0.4 is 15.2 Å². The molecular formula is C11H13ClF3NO3. The molecule has 0 fully saturated rings. The van der Waals surface area contributed by atoms with Gasteiger partial charge in [0.05, 0.1) is 12.1 Å². The molecular weight excluding hydrogens is 287 g/mol. The first kappa shape index (κ1) is 15.9. The van der Waals surface area contributed by atoms with Crippen LogP contribution in [0.25, 0.3) is 0 Å². The van der Waals surface area contributed by atoms with Crippen LogP contribution >= 0.6 is 11.6 Å². The summed E-state index contributed by atoms with van der Waals surface area (Å²) in [7, 11) is 1.38. The van der Waals surface area contributed by atoms with Gasteiger partial charge in [-0.05, 0) is 17.7 Å². The van der Waals surface area contributed by atoms with E-state index < -0.39 is 19.6 Å². The van der Waals surface area contributed by atoms with E-state index in [1.165, 1.54) is 7.11 Å². The van der Waals surface area contributed by atoms with Crippen LogP contribution in [0.4, 0.5) is 13.2 Å². The van der Waals surface area contributed by atoms with Crippen LogP contribution in [0.15, 0.2) is 12.1 Å². The van der Waals surface area contributed by atoms with Gasteiger partial charge in [-0.15, -0.1) is 0 Å². The molecule has 0 bridgehead atoms. The van der Waals surface area contributed by atoms with Crippen molar-refractivity contribution in [2.45, 2.75) is 12.7 Å². The predicted octanol–water partition coefficient (Wildman–Crippen LogP) is 2.72. The van der Waals surface area contributed by atoms with Crippen LogP contribution in [-0.2, 0) is 11.3 Å². The Bertz CT molecular complexity index is 426. The van der Waals surface area contributed by atoms with Crippen molar-refractivity contribution in [2.24, 2.45) is 5.73 Å². The van der Waals surface area contributed by atoms with E-state index >= 15 is 0 Å². The summed E-state index contributed by atoms with van der Waals surface area (Å²) in [5.41, 5.74) is 6.17. The zero-order chi connectivity index (χ0) is 14.5. The number of hydrogen-bond acceptors (Lipinski definition) is 4. The highest BCUT2D eigenvalue weighted by molar-refractivity contribution is 6.32. The molecule has 0 saturated carbocycles. The molecule has 1 aromatic carbocycles. The molecule has 8 heteroatoms. The molecule has 4 nitrogen and oxygen atoms in total. The molecule has 0 amide bonds. The molecule has 0 aliphatic heterocycles. The van der Waals surface area contributed by atoms with Gasteiger partial charge < -0.3 is 19.9 Å². The molecule has 19 heavy (non-hydrogen) atoms. The SMILES string of the molecule is COc1cc(CN)cc(Cl)c1OCOCC(F)(F)F. The molecule has 0 unspecified atom stereocenters. The second kappa shape index (κ2) is 6.83. The van der Waals surface area contributed by atoms with E-state index in [1.807, 2.05) is 0 Å². The third-order valence-corrected chi connectivity index (χ3v) is 2.36. The predicted molar refractivity (Wildman–Crippen MR) is 63.4 cm³/mol. The smallest absolute Gasteiger partial charge is 0.411 e. The Hall–Kier alpha value is -1.18. The highest BCUT2D eigenvalue weighted by atomic mass is 35.5. The number of halogens is 4. The number of benzene rings is 1. The third kappa shape index (κ3) is 5.14. The molecule has 0 aliphatic rings. The van der Waals surface area contributed by atoms with E-state index in [0.717, 1.165) is 0 Å². The van der Waals surface area contributed by atoms with Crippen molar-refractivity contribution in [1.29, 1.82) is 0 Å². The van der Waals surface area contributed by atoms with Gasteiger partial charge in [0.25, 0.3) is 0 Å². The lowest BCUT2D eigenvalue weighted by Crippen LogP contribution is -2.19. The molecule has 0 heterocycles. The van der Waals surface area contributed by atoms with Crippen molar-refractivity contribution in [3.8, 4) is 11.5 Å². The number of hydrogen-bond donors (Lipinski definition) is 1. The van der Waals surface area contributed by atoms with Gasteiger partial charge in [0.15, 0.2) is 18.3 Å². The maximum absolute atomic E-state index is 11.9. The van der Waals surface area contributed by atoms with Crippen LogP contribution in [0, 0.1) is 0 Å². The first-order chi connectivity index (χ1) is 8.87. The van der Waals surface area contributed by atoms with Crippen molar-refractivity contribution in [2.75, 3.05) is 20.5 Å². The van der Waals surface area contributed by atoms with Gasteiger partial charge in [0, 0.05) is 6.54 Å². The second-order valence-corrected chi connectivity index (χ2v) is 3.95. The van der Waals surface area contributed by atoms with Crippen LogP contribution in [0.2, 0.25) is 5.02 Å². The zero-order valence-electron chi connectivity index (χ0n) is 10.1. The second-order valence-electron chi connectivity index (χ2n) is 3.54. The Labute approximate surface area is 113 Å². The Balaban J connectivity index is 2.67. The van der Waals surface area contributed by atoms with Gasteiger partial charge in [0.1, 0.15) is 6.61 Å². The molecule has 0 spiro atoms. The van der Waals surface area contributed by atoms with E-state index in [4.69, 9.17) is 26.8 Å². The summed E-state index contributed by atoms with van der Waals surface area (Å²) in [5, 5.41) is 0.190. The standard InChI is InChI=1S/C11H13ClF3NO3/c1-17-9-3-7(4-16)2-8(12)10(9)19-6-18-5-11(13,14)15/h2-3H,4-6,16H2,1H3. The minimum atomic E-state index is -4.40. The van der Waals surface area contributed by atoms with Crippen molar-refractivity contribution in [3.63, 3.8) is 0 Å². The number of nitrogens with two attached hydrogens (primary N) is 1. The number of methoxy groups -OCH3 is 1. The van der Waals surface area contributed by atoms with Crippen molar-refractivity contribution in [3.05, 3.63) is 22.7 Å². The minimum absolute atomic E-state index is 0.114. The van der Waals surface area contributed by atoms with E-state index in [0.29, 0.717) is 5.56 Å². The fourth-order valence-electron chi connectivity index (χ4n) is 1.29. The molecule has 0 aliphatic carbocycles. The maximum atomic E-state index is 11.9. The highest BCUT2D eigenvalue weighted by Gasteiger charge is 2.27. The molecule has 0 saturated heterocycles. The fourth-order valence-corrected chi connectivity index (χ4v) is 1.58. The van der Waals surface area contributed by atoms with Gasteiger partial charge in [-0.3, -0.25) is 0 Å². The average Bonchev–Trinajstić information content (AvgIpc) is 2.34. The zero-order valence-corrected chi connectivity index (χ0v) is 10.8. The van der Waals surface area contributed by atoms with E-state index in [-0.39, 0.29) is 23.1 Å². The van der Waals surface area contributed by atoms with Gasteiger partial charge in [-0.1, -0.05) is 11.6 Å². The van der Waals surface area contributed by atoms with Crippen LogP contribution in [-0.4, -0.2) is 26.7 Å². The minimum Gasteiger partial charge on any atom is -0.493 e. The van der Waals surface area contributed by atoms with Crippen LogP contribution in [0.1, 0.15) is 5.56 Å². The van der Waals surface area contributed by atoms with Crippen LogP contribution in [0.3, 0.4) is 0 Å². The molecule has 0 aromatic heterocycles. The normalized spacial score (nSPS) is 11.5. The third-order valence-electron chi connectivity index (χ3n) is 2.08. The first-order valence-electron chi connectivity index (χ1n) is 5.21. The molecule has 1 aromatic rings. The monoisotopic (exact) mass is 299 g/mol. The first-order valence-corrected chi connectivity index (χ1v) is 5.59. The summed E-state index contributed by atoms with van der Waals surface area (Å²) in [6, 6.07) is 3.13. The van der Waals surface area contributed by atoms with E-state index in [2.05, 4.69) is 4.74 Å². The van der Waals surface area contributed by atoms with Crippen LogP contribution in [0.5, 0.6) is 11.5 Å². The maximum Gasteiger partial charge on any atom is 0.411 e. The largest absolute Gasteiger partial charge is 0.493 e. The lowest BCUT2D eigenvalue weighted by atomic mass is 10.2. The number of rotatable bonds is 6. The molecule has 2 N–H and O–H groups in total. The summed E-state index contributed by atoms with van der Waals surface area (Å²) < 4.78 is 50.0. The van der Waals surface area contributed by atoms with Crippen molar-refractivity contribution in [1.82, 2.24) is 0 Å². The number of ether oxygens (including phenoxy) is 3. The highest BCUT2D eigenvalue weighted by Crippen LogP contribution is 2.36. The molecule has 108 valence electrons. The lowest BCUT2D eigenvalue weighted by molar-refractivity contribution is -0.186. The topological polar surface area (TPSA) is 53.7 Å². The van der Waals surface area contributed by atoms with E-state index in [9.17, 15) is 13.2 Å². The quantitative estimate of drug-likeness (QED) is 0.648. The fraction of sp³-hybridized carbons (Fsp3) is 0.455.